The van der Waals surface area contributed by atoms with Crippen LogP contribution in [0.4, 0.5) is 0 Å². The zero-order chi connectivity index (χ0) is 52.9. The first kappa shape index (κ1) is 71.1. The molecule has 0 radical (unpaired) electrons. The molecule has 6 heteroatoms. The third-order valence-corrected chi connectivity index (χ3v) is 15.2. The van der Waals surface area contributed by atoms with Gasteiger partial charge in [0, 0.05) is 12.8 Å². The molecule has 2 atom stereocenters. The van der Waals surface area contributed by atoms with Crippen LogP contribution in [0.15, 0.2) is 36.5 Å². The van der Waals surface area contributed by atoms with Gasteiger partial charge in [0.25, 0.3) is 0 Å². The second kappa shape index (κ2) is 62.6. The van der Waals surface area contributed by atoms with Gasteiger partial charge in [-0.3, -0.25) is 9.59 Å². The van der Waals surface area contributed by atoms with Crippen LogP contribution in [0.25, 0.3) is 0 Å². The molecular weight excluding hydrogens is 899 g/mol. The maximum Gasteiger partial charge on any atom is 0.305 e. The number of hydrogen-bond donors (Lipinski definition) is 3. The molecule has 0 aromatic rings. The van der Waals surface area contributed by atoms with Gasteiger partial charge in [0.15, 0.2) is 0 Å². The van der Waals surface area contributed by atoms with Crippen molar-refractivity contribution in [1.82, 2.24) is 5.32 Å². The normalized spacial score (nSPS) is 12.8. The molecule has 0 bridgehead atoms. The molecule has 0 heterocycles. The average molecular weight is 1030 g/mol. The predicted octanol–water partition coefficient (Wildman–Crippen LogP) is 20.8. The van der Waals surface area contributed by atoms with Crippen LogP contribution in [0.5, 0.6) is 0 Å². The first-order chi connectivity index (χ1) is 36.0. The standard InChI is InChI=1S/C67H127NO5/c1-3-5-7-9-11-13-15-17-19-21-25-29-33-37-41-45-49-53-57-61-67(72)73-62-58-54-50-46-42-38-34-30-27-24-22-23-26-28-32-36-40-44-48-52-56-60-66(71)68-64(63-69)65(70)59-55-51-47-43-39-35-31-20-18-16-14-12-10-8-6-4-2/h11,13,17,19,23,26,64-65,69-70H,3-10,12,14-16,18,20-22,24-25,27-63H2,1-2H3,(H,68,71)/b13-11-,19-17-,26-23-. The maximum absolute atomic E-state index is 12.5. The highest BCUT2D eigenvalue weighted by molar-refractivity contribution is 5.76. The molecule has 0 rings (SSSR count). The average Bonchev–Trinajstić information content (AvgIpc) is 3.39. The Bertz CT molecular complexity index is 1180. The molecule has 0 saturated heterocycles. The molecule has 0 aliphatic rings. The molecule has 0 aliphatic carbocycles. The Kier molecular flexibility index (Phi) is 61.0. The van der Waals surface area contributed by atoms with Crippen molar-refractivity contribution in [1.29, 1.82) is 0 Å². The molecule has 0 aliphatic heterocycles. The van der Waals surface area contributed by atoms with E-state index in [9.17, 15) is 19.8 Å². The largest absolute Gasteiger partial charge is 0.466 e. The summed E-state index contributed by atoms with van der Waals surface area (Å²) in [4.78, 5) is 24.6. The Hall–Kier alpha value is -1.92. The van der Waals surface area contributed by atoms with Crippen molar-refractivity contribution in [2.45, 2.75) is 366 Å². The van der Waals surface area contributed by atoms with Gasteiger partial charge in [0.1, 0.15) is 0 Å². The van der Waals surface area contributed by atoms with Gasteiger partial charge in [-0.25, -0.2) is 0 Å². The van der Waals surface area contributed by atoms with E-state index < -0.39 is 12.1 Å². The number of carbonyl (C=O) groups excluding carboxylic acids is 2. The fourth-order valence-corrected chi connectivity index (χ4v) is 10.1. The van der Waals surface area contributed by atoms with Gasteiger partial charge in [0.2, 0.25) is 5.91 Å². The smallest absolute Gasteiger partial charge is 0.305 e. The molecule has 0 saturated carbocycles. The lowest BCUT2D eigenvalue weighted by Gasteiger charge is -2.22. The molecule has 3 N–H and O–H groups in total. The summed E-state index contributed by atoms with van der Waals surface area (Å²) in [5, 5.41) is 23.3. The van der Waals surface area contributed by atoms with Crippen molar-refractivity contribution in [3.05, 3.63) is 36.5 Å². The Morgan fingerprint density at radius 1 is 0.384 bits per heavy atom. The zero-order valence-corrected chi connectivity index (χ0v) is 49.1. The SMILES string of the molecule is CCCCC/C=C\C/C=C\CCCCCCCCCCCC(=O)OCCCCCCCCCCCC/C=C\CCCCCCCCCC(=O)NC(CO)C(O)CCCCCCCCCCCCCCCCCC. The summed E-state index contributed by atoms with van der Waals surface area (Å²) in [6, 6.07) is -0.548. The molecule has 0 fully saturated rings. The number of ether oxygens (including phenoxy) is 1. The van der Waals surface area contributed by atoms with Crippen LogP contribution in [0, 0.1) is 0 Å². The van der Waals surface area contributed by atoms with Gasteiger partial charge in [-0.1, -0.05) is 294 Å². The molecule has 1 amide bonds. The van der Waals surface area contributed by atoms with Crippen LogP contribution < -0.4 is 5.32 Å². The molecule has 6 nitrogen and oxygen atoms in total. The predicted molar refractivity (Wildman–Crippen MR) is 319 cm³/mol. The van der Waals surface area contributed by atoms with E-state index in [2.05, 4.69) is 55.6 Å². The molecule has 2 unspecified atom stereocenters. The molecule has 0 aromatic heterocycles. The van der Waals surface area contributed by atoms with E-state index in [0.29, 0.717) is 25.9 Å². The highest BCUT2D eigenvalue weighted by Crippen LogP contribution is 2.18. The third-order valence-electron chi connectivity index (χ3n) is 15.2. The summed E-state index contributed by atoms with van der Waals surface area (Å²) in [7, 11) is 0. The van der Waals surface area contributed by atoms with E-state index in [4.69, 9.17) is 4.74 Å². The number of carbonyl (C=O) groups is 2. The molecule has 73 heavy (non-hydrogen) atoms. The van der Waals surface area contributed by atoms with Crippen molar-refractivity contribution >= 4 is 11.9 Å². The van der Waals surface area contributed by atoms with E-state index in [0.717, 1.165) is 51.4 Å². The summed E-state index contributed by atoms with van der Waals surface area (Å²) in [6.45, 7) is 4.94. The van der Waals surface area contributed by atoms with Gasteiger partial charge < -0.3 is 20.3 Å². The Morgan fingerprint density at radius 3 is 1.08 bits per heavy atom. The van der Waals surface area contributed by atoms with Gasteiger partial charge in [-0.05, 0) is 83.5 Å². The second-order valence-electron chi connectivity index (χ2n) is 22.4. The number of unbranched alkanes of at least 4 members (excludes halogenated alkanes) is 44. The molecule has 0 spiro atoms. The minimum atomic E-state index is -0.670. The monoisotopic (exact) mass is 1030 g/mol. The van der Waals surface area contributed by atoms with Crippen LogP contribution in [0.3, 0.4) is 0 Å². The first-order valence-electron chi connectivity index (χ1n) is 32.7. The van der Waals surface area contributed by atoms with Crippen molar-refractivity contribution in [3.63, 3.8) is 0 Å². The first-order valence-corrected chi connectivity index (χ1v) is 32.7. The molecule has 430 valence electrons. The molecular formula is C67H127NO5. The lowest BCUT2D eigenvalue weighted by Crippen LogP contribution is -2.45. The number of aliphatic hydroxyl groups is 2. The van der Waals surface area contributed by atoms with E-state index in [1.54, 1.807) is 0 Å². The summed E-state index contributed by atoms with van der Waals surface area (Å²) in [5.41, 5.74) is 0. The van der Waals surface area contributed by atoms with Crippen LogP contribution in [-0.2, 0) is 14.3 Å². The fourth-order valence-electron chi connectivity index (χ4n) is 10.1. The van der Waals surface area contributed by atoms with Gasteiger partial charge >= 0.3 is 5.97 Å². The number of esters is 1. The molecule has 0 aromatic carbocycles. The summed E-state index contributed by atoms with van der Waals surface area (Å²) < 4.78 is 5.50. The summed E-state index contributed by atoms with van der Waals surface area (Å²) >= 11 is 0. The maximum atomic E-state index is 12.5. The Balaban J connectivity index is 3.41. The number of aliphatic hydroxyl groups excluding tert-OH is 2. The van der Waals surface area contributed by atoms with E-state index >= 15 is 0 Å². The highest BCUT2D eigenvalue weighted by Gasteiger charge is 2.20. The van der Waals surface area contributed by atoms with Crippen molar-refractivity contribution < 1.29 is 24.5 Å². The third kappa shape index (κ3) is 59.2. The van der Waals surface area contributed by atoms with Gasteiger partial charge in [0.05, 0.1) is 25.4 Å². The number of hydrogen-bond acceptors (Lipinski definition) is 5. The van der Waals surface area contributed by atoms with Crippen LogP contribution in [0.2, 0.25) is 0 Å². The quantitative estimate of drug-likeness (QED) is 0.0320. The van der Waals surface area contributed by atoms with E-state index in [-0.39, 0.29) is 18.5 Å². The van der Waals surface area contributed by atoms with Crippen molar-refractivity contribution in [2.24, 2.45) is 0 Å². The minimum absolute atomic E-state index is 0.00481. The van der Waals surface area contributed by atoms with Crippen LogP contribution in [-0.4, -0.2) is 47.4 Å². The van der Waals surface area contributed by atoms with Gasteiger partial charge in [-0.15, -0.1) is 0 Å². The van der Waals surface area contributed by atoms with Crippen LogP contribution >= 0.6 is 0 Å². The van der Waals surface area contributed by atoms with Crippen LogP contribution in [0.1, 0.15) is 354 Å². The fraction of sp³-hybridized carbons (Fsp3) is 0.881. The highest BCUT2D eigenvalue weighted by atomic mass is 16.5. The van der Waals surface area contributed by atoms with E-state index in [1.807, 2.05) is 0 Å². The second-order valence-corrected chi connectivity index (χ2v) is 22.4. The summed E-state index contributed by atoms with van der Waals surface area (Å²) in [6.07, 6.45) is 78.7. The Morgan fingerprint density at radius 2 is 0.685 bits per heavy atom. The van der Waals surface area contributed by atoms with Gasteiger partial charge in [-0.2, -0.15) is 0 Å². The Labute approximate surface area is 455 Å². The van der Waals surface area contributed by atoms with E-state index in [1.165, 1.54) is 270 Å². The number of nitrogens with one attached hydrogen (secondary N) is 1. The number of amides is 1. The number of rotatable bonds is 61. The lowest BCUT2D eigenvalue weighted by molar-refractivity contribution is -0.143. The van der Waals surface area contributed by atoms with Crippen molar-refractivity contribution in [3.8, 4) is 0 Å². The topological polar surface area (TPSA) is 95.9 Å². The minimum Gasteiger partial charge on any atom is -0.466 e. The summed E-state index contributed by atoms with van der Waals surface area (Å²) in [5.74, 6) is -0.0360. The zero-order valence-electron chi connectivity index (χ0n) is 49.1. The lowest BCUT2D eigenvalue weighted by atomic mass is 10.0. The van der Waals surface area contributed by atoms with Crippen molar-refractivity contribution in [2.75, 3.05) is 13.2 Å². The number of allylic oxidation sites excluding steroid dienone is 6.